The highest BCUT2D eigenvalue weighted by molar-refractivity contribution is 5.55. The predicted molar refractivity (Wildman–Crippen MR) is 40.7 cm³/mol. The van der Waals surface area contributed by atoms with E-state index in [1.54, 1.807) is 0 Å². The van der Waals surface area contributed by atoms with Gasteiger partial charge in [-0.2, -0.15) is 0 Å². The average molecular weight is 163 g/mol. The second-order valence-electron chi connectivity index (χ2n) is 1.85. The van der Waals surface area contributed by atoms with Gasteiger partial charge < -0.3 is 0 Å². The van der Waals surface area contributed by atoms with Crippen LogP contribution >= 0.6 is 0 Å². The van der Waals surface area contributed by atoms with Gasteiger partial charge in [-0.05, 0) is 17.7 Å². The monoisotopic (exact) mass is 163 g/mol. The summed E-state index contributed by atoms with van der Waals surface area (Å²) in [5.41, 5.74) is 7.71. The molecule has 6 heteroatoms. The van der Waals surface area contributed by atoms with Gasteiger partial charge in [0, 0.05) is 4.91 Å². The lowest BCUT2D eigenvalue weighted by atomic mass is 10.3. The first kappa shape index (κ1) is 8.03. The van der Waals surface area contributed by atoms with E-state index in [0.717, 1.165) is 0 Å². The summed E-state index contributed by atoms with van der Waals surface area (Å²) < 4.78 is 0. The number of azide groups is 1. The molecule has 1 radical (unpaired) electrons. The molecule has 0 fully saturated rings. The van der Waals surface area contributed by atoms with Gasteiger partial charge in [-0.25, -0.2) is 0 Å². The van der Waals surface area contributed by atoms with Gasteiger partial charge in [-0.1, -0.05) is 11.2 Å². The number of nitrogens with zero attached hydrogens (tertiary/aromatic N) is 4. The van der Waals surface area contributed by atoms with Crippen LogP contribution in [0, 0.1) is 16.2 Å². The molecule has 0 saturated heterocycles. The molecular weight excluding hydrogens is 160 g/mol. The number of hydrogen-bond donors (Lipinski definition) is 0. The normalized spacial score (nSPS) is 8.67. The fourth-order valence-corrected chi connectivity index (χ4v) is 0.694. The molecule has 0 heterocycles. The molecule has 0 N–H and O–H groups in total. The molecule has 0 aliphatic heterocycles. The zero-order valence-electron chi connectivity index (χ0n) is 5.84. The van der Waals surface area contributed by atoms with Crippen molar-refractivity contribution in [1.29, 1.82) is 0 Å². The maximum absolute atomic E-state index is 10.3. The quantitative estimate of drug-likeness (QED) is 0.220. The van der Waals surface area contributed by atoms with E-state index in [0.29, 0.717) is 0 Å². The van der Waals surface area contributed by atoms with E-state index in [1.807, 2.05) is 0 Å². The standard InChI is InChI=1S/C6H3N4O2/c7-9-8-5-3-1-2-4-6(5)10(11)12/h1-3H. The molecule has 59 valence electrons. The van der Waals surface area contributed by atoms with Gasteiger partial charge in [0.1, 0.15) is 5.69 Å². The Kier molecular flexibility index (Phi) is 2.25. The molecule has 6 nitrogen and oxygen atoms in total. The molecule has 0 spiro atoms. The summed E-state index contributed by atoms with van der Waals surface area (Å²) in [6.45, 7) is 0. The Morgan fingerprint density at radius 3 is 3.08 bits per heavy atom. The number of nitro groups is 1. The minimum Gasteiger partial charge on any atom is -0.258 e. The lowest BCUT2D eigenvalue weighted by Crippen LogP contribution is -1.87. The summed E-state index contributed by atoms with van der Waals surface area (Å²) in [5, 5.41) is 13.4. The zero-order valence-corrected chi connectivity index (χ0v) is 5.84. The van der Waals surface area contributed by atoms with Crippen LogP contribution in [0.5, 0.6) is 0 Å². The molecule has 0 amide bonds. The number of rotatable bonds is 2. The van der Waals surface area contributed by atoms with Gasteiger partial charge in [-0.15, -0.1) is 0 Å². The van der Waals surface area contributed by atoms with E-state index >= 15 is 0 Å². The minimum absolute atomic E-state index is 0.0231. The minimum atomic E-state index is -0.649. The van der Waals surface area contributed by atoms with E-state index < -0.39 is 4.92 Å². The van der Waals surface area contributed by atoms with Crippen LogP contribution in [0.1, 0.15) is 0 Å². The molecule has 0 unspecified atom stereocenters. The largest absolute Gasteiger partial charge is 0.287 e. The van der Waals surface area contributed by atoms with Crippen molar-refractivity contribution in [2.75, 3.05) is 0 Å². The van der Waals surface area contributed by atoms with Crippen molar-refractivity contribution < 1.29 is 4.92 Å². The third-order valence-electron chi connectivity index (χ3n) is 1.15. The third kappa shape index (κ3) is 1.50. The van der Waals surface area contributed by atoms with Crippen molar-refractivity contribution in [1.82, 2.24) is 0 Å². The van der Waals surface area contributed by atoms with Gasteiger partial charge >= 0.3 is 0 Å². The Hall–Kier alpha value is -2.07. The Labute approximate surface area is 67.2 Å². The maximum atomic E-state index is 10.3. The molecule has 0 aromatic heterocycles. The molecule has 1 aromatic rings. The highest BCUT2D eigenvalue weighted by atomic mass is 16.6. The summed E-state index contributed by atoms with van der Waals surface area (Å²) in [6, 6.07) is 6.61. The maximum Gasteiger partial charge on any atom is 0.287 e. The summed E-state index contributed by atoms with van der Waals surface area (Å²) in [5.74, 6) is 0. The Morgan fingerprint density at radius 2 is 2.50 bits per heavy atom. The van der Waals surface area contributed by atoms with E-state index in [4.69, 9.17) is 5.53 Å². The van der Waals surface area contributed by atoms with Crippen LogP contribution in [0.2, 0.25) is 0 Å². The Bertz CT molecular complexity index is 335. The number of nitro benzene ring substituents is 1. The Morgan fingerprint density at radius 1 is 1.75 bits per heavy atom. The number of para-hydroxylation sites is 1. The lowest BCUT2D eigenvalue weighted by molar-refractivity contribution is -0.384. The van der Waals surface area contributed by atoms with Crippen molar-refractivity contribution in [3.8, 4) is 0 Å². The highest BCUT2D eigenvalue weighted by Crippen LogP contribution is 2.25. The first-order chi connectivity index (χ1) is 5.75. The SMILES string of the molecule is [N-]=[N+]=Nc1ccc[c]c1[N+](=O)[O-]. The second kappa shape index (κ2) is 3.36. The van der Waals surface area contributed by atoms with Gasteiger partial charge in [0.2, 0.25) is 0 Å². The molecule has 0 bridgehead atoms. The smallest absolute Gasteiger partial charge is 0.258 e. The van der Waals surface area contributed by atoms with Gasteiger partial charge in [0.25, 0.3) is 5.69 Å². The molecule has 12 heavy (non-hydrogen) atoms. The molecular formula is C6H3N4O2. The summed E-state index contributed by atoms with van der Waals surface area (Å²) >= 11 is 0. The Balaban J connectivity index is 3.26. The topological polar surface area (TPSA) is 91.9 Å². The van der Waals surface area contributed by atoms with E-state index in [1.165, 1.54) is 18.2 Å². The van der Waals surface area contributed by atoms with Crippen LogP contribution in [0.4, 0.5) is 11.4 Å². The first-order valence-electron chi connectivity index (χ1n) is 2.96. The van der Waals surface area contributed by atoms with Crippen molar-refractivity contribution >= 4 is 11.4 Å². The molecule has 0 aliphatic rings. The second-order valence-corrected chi connectivity index (χ2v) is 1.85. The van der Waals surface area contributed by atoms with Crippen molar-refractivity contribution in [2.24, 2.45) is 5.11 Å². The number of hydrogen-bond acceptors (Lipinski definition) is 3. The van der Waals surface area contributed by atoms with Crippen molar-refractivity contribution in [2.45, 2.75) is 0 Å². The fourth-order valence-electron chi connectivity index (χ4n) is 0.694. The summed E-state index contributed by atoms with van der Waals surface area (Å²) in [6.07, 6.45) is 0. The predicted octanol–water partition coefficient (Wildman–Crippen LogP) is 2.34. The van der Waals surface area contributed by atoms with Gasteiger partial charge in [-0.3, -0.25) is 10.1 Å². The summed E-state index contributed by atoms with van der Waals surface area (Å²) in [4.78, 5) is 12.1. The van der Waals surface area contributed by atoms with Crippen molar-refractivity contribution in [3.63, 3.8) is 0 Å². The van der Waals surface area contributed by atoms with Gasteiger partial charge in [0.05, 0.1) is 11.0 Å². The molecule has 0 atom stereocenters. The number of benzene rings is 1. The van der Waals surface area contributed by atoms with Crippen LogP contribution in [-0.2, 0) is 0 Å². The van der Waals surface area contributed by atoms with Crippen LogP contribution in [0.25, 0.3) is 10.4 Å². The van der Waals surface area contributed by atoms with Crippen LogP contribution in [-0.4, -0.2) is 4.92 Å². The molecule has 0 saturated carbocycles. The van der Waals surface area contributed by atoms with E-state index in [-0.39, 0.29) is 11.4 Å². The highest BCUT2D eigenvalue weighted by Gasteiger charge is 2.10. The zero-order chi connectivity index (χ0) is 8.97. The van der Waals surface area contributed by atoms with Crippen LogP contribution in [0.3, 0.4) is 0 Å². The van der Waals surface area contributed by atoms with Crippen LogP contribution < -0.4 is 0 Å². The molecule has 0 aliphatic carbocycles. The first-order valence-corrected chi connectivity index (χ1v) is 2.96. The third-order valence-corrected chi connectivity index (χ3v) is 1.15. The van der Waals surface area contributed by atoms with Crippen molar-refractivity contribution in [3.05, 3.63) is 44.8 Å². The molecule has 1 aromatic carbocycles. The lowest BCUT2D eigenvalue weighted by Gasteiger charge is -1.92. The summed E-state index contributed by atoms with van der Waals surface area (Å²) in [7, 11) is 0. The average Bonchev–Trinajstić information content (AvgIpc) is 2.05. The molecule has 1 rings (SSSR count). The van der Waals surface area contributed by atoms with Gasteiger partial charge in [0.15, 0.2) is 0 Å². The van der Waals surface area contributed by atoms with E-state index in [2.05, 4.69) is 16.1 Å². The van der Waals surface area contributed by atoms with Crippen LogP contribution in [0.15, 0.2) is 23.3 Å². The fraction of sp³-hybridized carbons (Fsp3) is 0. The van der Waals surface area contributed by atoms with E-state index in [9.17, 15) is 10.1 Å².